The molecule has 4 rings (SSSR count). The molecule has 2 saturated carbocycles. The zero-order valence-corrected chi connectivity index (χ0v) is 23.2. The molecule has 2 unspecified atom stereocenters. The lowest BCUT2D eigenvalue weighted by molar-refractivity contribution is -0.388. The lowest BCUT2D eigenvalue weighted by Crippen LogP contribution is -2.41. The lowest BCUT2D eigenvalue weighted by Gasteiger charge is -2.38. The Morgan fingerprint density at radius 3 is 2.10 bits per heavy atom. The van der Waals surface area contributed by atoms with E-state index in [0.717, 1.165) is 49.7 Å². The fourth-order valence-electron chi connectivity index (χ4n) is 6.72. The van der Waals surface area contributed by atoms with E-state index in [1.165, 1.54) is 57.4 Å². The van der Waals surface area contributed by atoms with E-state index in [1.807, 2.05) is 0 Å². The van der Waals surface area contributed by atoms with E-state index in [2.05, 4.69) is 16.4 Å². The molecule has 0 spiro atoms. The summed E-state index contributed by atoms with van der Waals surface area (Å²) in [6.07, 6.45) is 1.68. The summed E-state index contributed by atoms with van der Waals surface area (Å²) in [5.41, 5.74) is -0.494. The molecule has 0 saturated heterocycles. The van der Waals surface area contributed by atoms with Gasteiger partial charge in [-0.2, -0.15) is 8.78 Å². The van der Waals surface area contributed by atoms with Crippen molar-refractivity contribution in [3.8, 4) is 0 Å². The molecule has 230 valence electrons. The molecule has 1 aromatic carbocycles. The highest BCUT2D eigenvalue weighted by atomic mass is 19.4. The first-order chi connectivity index (χ1) is 19.3. The van der Waals surface area contributed by atoms with Gasteiger partial charge in [0, 0.05) is 0 Å². The molecule has 3 aliphatic carbocycles. The van der Waals surface area contributed by atoms with Crippen molar-refractivity contribution in [2.75, 3.05) is 0 Å². The van der Waals surface area contributed by atoms with Crippen LogP contribution < -0.4 is 0 Å². The van der Waals surface area contributed by atoms with E-state index in [-0.39, 0.29) is 18.1 Å². The molecule has 0 radical (unpaired) electrons. The van der Waals surface area contributed by atoms with Crippen LogP contribution in [0.1, 0.15) is 101 Å². The molecule has 0 aromatic heterocycles. The summed E-state index contributed by atoms with van der Waals surface area (Å²) in [6, 6.07) is 3.39. The van der Waals surface area contributed by atoms with E-state index < -0.39 is 41.6 Å². The predicted molar refractivity (Wildman–Crippen MR) is 139 cm³/mol. The van der Waals surface area contributed by atoms with Crippen LogP contribution in [-0.2, 0) is 15.6 Å². The summed E-state index contributed by atoms with van der Waals surface area (Å²) in [5.74, 6) is -3.83. The van der Waals surface area contributed by atoms with Crippen molar-refractivity contribution in [2.45, 2.75) is 114 Å². The van der Waals surface area contributed by atoms with Crippen LogP contribution in [0.15, 0.2) is 42.2 Å². The zero-order valence-electron chi connectivity index (χ0n) is 23.2. The monoisotopic (exact) mass is 594 g/mol. The summed E-state index contributed by atoms with van der Waals surface area (Å²) in [5, 5.41) is 0. The van der Waals surface area contributed by atoms with E-state index in [4.69, 9.17) is 0 Å². The van der Waals surface area contributed by atoms with Crippen LogP contribution in [-0.4, -0.2) is 18.4 Å². The smallest absolute Gasteiger partial charge is 0.429 e. The van der Waals surface area contributed by atoms with Crippen LogP contribution in [0.25, 0.3) is 0 Å². The highest BCUT2D eigenvalue weighted by Crippen LogP contribution is 2.45. The van der Waals surface area contributed by atoms with Gasteiger partial charge in [0.25, 0.3) is 5.85 Å². The van der Waals surface area contributed by atoms with Crippen molar-refractivity contribution in [1.82, 2.24) is 0 Å². The molecule has 41 heavy (non-hydrogen) atoms. The summed E-state index contributed by atoms with van der Waals surface area (Å²) in [6.45, 7) is 2.22. The van der Waals surface area contributed by atoms with E-state index in [0.29, 0.717) is 17.6 Å². The van der Waals surface area contributed by atoms with E-state index in [1.54, 1.807) is 0 Å². The average Bonchev–Trinajstić information content (AvgIpc) is 2.90. The highest BCUT2D eigenvalue weighted by Gasteiger charge is 2.50. The Bertz CT molecular complexity index is 1070. The first-order valence-electron chi connectivity index (χ1n) is 14.7. The van der Waals surface area contributed by atoms with Crippen molar-refractivity contribution in [3.63, 3.8) is 0 Å². The van der Waals surface area contributed by atoms with Crippen molar-refractivity contribution < 1.29 is 44.6 Å². The molecule has 0 amide bonds. The number of benzene rings is 1. The van der Waals surface area contributed by atoms with Gasteiger partial charge in [0.15, 0.2) is 6.17 Å². The van der Waals surface area contributed by atoms with Gasteiger partial charge in [0.2, 0.25) is 0 Å². The van der Waals surface area contributed by atoms with Gasteiger partial charge >= 0.3 is 12.5 Å². The molecule has 2 nitrogen and oxygen atoms in total. The number of ether oxygens (including phenoxy) is 2. The zero-order chi connectivity index (χ0) is 29.8. The Kier molecular flexibility index (Phi) is 10.1. The summed E-state index contributed by atoms with van der Waals surface area (Å²) in [7, 11) is 0. The Balaban J connectivity index is 1.30. The van der Waals surface area contributed by atoms with Crippen LogP contribution in [0.3, 0.4) is 0 Å². The van der Waals surface area contributed by atoms with Crippen molar-refractivity contribution >= 4 is 0 Å². The Hall–Kier alpha value is -2.10. The fourth-order valence-corrected chi connectivity index (χ4v) is 6.72. The third-order valence-electron chi connectivity index (χ3n) is 9.00. The summed E-state index contributed by atoms with van der Waals surface area (Å²) >= 11 is 0. The first kappa shape index (κ1) is 31.8. The van der Waals surface area contributed by atoms with Gasteiger partial charge in [0.1, 0.15) is 11.6 Å². The SMILES string of the molecule is CCCCCC1CCC(C2CCC(c3ccc(C(F)(F)OC4=CC(F)C(F)(OC(F)(F)F)C=C4)c(F)c3)CC2)CC1. The van der Waals surface area contributed by atoms with Crippen LogP contribution in [0.2, 0.25) is 0 Å². The van der Waals surface area contributed by atoms with Crippen molar-refractivity contribution in [1.29, 1.82) is 0 Å². The minimum absolute atomic E-state index is 0.00831. The van der Waals surface area contributed by atoms with Crippen molar-refractivity contribution in [3.05, 3.63) is 59.1 Å². The maximum Gasteiger partial charge on any atom is 0.525 e. The topological polar surface area (TPSA) is 18.5 Å². The Labute approximate surface area is 236 Å². The number of allylic oxidation sites excluding steroid dienone is 1. The van der Waals surface area contributed by atoms with Crippen molar-refractivity contribution in [2.24, 2.45) is 17.8 Å². The second-order valence-electron chi connectivity index (χ2n) is 11.8. The van der Waals surface area contributed by atoms with Gasteiger partial charge in [-0.1, -0.05) is 51.5 Å². The second-order valence-corrected chi connectivity index (χ2v) is 11.8. The predicted octanol–water partition coefficient (Wildman–Crippen LogP) is 10.5. The van der Waals surface area contributed by atoms with Gasteiger partial charge in [-0.05, 0) is 98.1 Å². The van der Waals surface area contributed by atoms with Crippen LogP contribution in [0.4, 0.5) is 35.1 Å². The molecule has 0 aliphatic heterocycles. The van der Waals surface area contributed by atoms with Gasteiger partial charge in [-0.15, -0.1) is 13.2 Å². The number of hydrogen-bond acceptors (Lipinski definition) is 2. The summed E-state index contributed by atoms with van der Waals surface area (Å²) in [4.78, 5) is 0. The quantitative estimate of drug-likeness (QED) is 0.198. The standard InChI is InChI=1S/C31H38F8O2/c1-2-3-4-5-20-6-8-21(9-7-20)22-10-12-23(13-11-22)24-14-15-26(27(32)18-24)30(35,36)40-25-16-17-29(34,28(33)19-25)41-31(37,38)39/h14-23,28H,2-13H2,1H3. The lowest BCUT2D eigenvalue weighted by atomic mass is 9.68. The van der Waals surface area contributed by atoms with E-state index in [9.17, 15) is 35.1 Å². The molecular formula is C31H38F8O2. The van der Waals surface area contributed by atoms with Gasteiger partial charge in [-0.3, -0.25) is 0 Å². The molecule has 2 fully saturated rings. The number of alkyl halides is 7. The number of hydrogen-bond donors (Lipinski definition) is 0. The Morgan fingerprint density at radius 2 is 1.54 bits per heavy atom. The number of halogens is 8. The molecule has 0 heterocycles. The highest BCUT2D eigenvalue weighted by molar-refractivity contribution is 5.31. The fraction of sp³-hybridized carbons (Fsp3) is 0.677. The third kappa shape index (κ3) is 8.26. The third-order valence-corrected chi connectivity index (χ3v) is 9.00. The first-order valence-corrected chi connectivity index (χ1v) is 14.7. The number of unbranched alkanes of at least 4 members (excludes halogenated alkanes) is 2. The summed E-state index contributed by atoms with van der Waals surface area (Å²) < 4.78 is 117. The van der Waals surface area contributed by atoms with Gasteiger partial charge in [0.05, 0.1) is 5.56 Å². The number of rotatable bonds is 10. The normalized spacial score (nSPS) is 31.1. The minimum atomic E-state index is -5.50. The molecule has 0 bridgehead atoms. The van der Waals surface area contributed by atoms with E-state index >= 15 is 0 Å². The Morgan fingerprint density at radius 1 is 0.902 bits per heavy atom. The molecule has 0 N–H and O–H groups in total. The largest absolute Gasteiger partial charge is 0.525 e. The van der Waals surface area contributed by atoms with Crippen LogP contribution in [0.5, 0.6) is 0 Å². The van der Waals surface area contributed by atoms with Gasteiger partial charge in [-0.25, -0.2) is 17.9 Å². The molecule has 2 atom stereocenters. The maximum absolute atomic E-state index is 14.9. The molecule has 10 heteroatoms. The second kappa shape index (κ2) is 13.0. The van der Waals surface area contributed by atoms with Crippen LogP contribution in [0, 0.1) is 23.6 Å². The molecule has 3 aliphatic rings. The maximum atomic E-state index is 14.9. The minimum Gasteiger partial charge on any atom is -0.429 e. The molecular weight excluding hydrogens is 556 g/mol. The van der Waals surface area contributed by atoms with Crippen LogP contribution >= 0.6 is 0 Å². The molecule has 1 aromatic rings. The van der Waals surface area contributed by atoms with Gasteiger partial charge < -0.3 is 4.74 Å². The average molecular weight is 595 g/mol.